The molecule has 6 heteroatoms. The van der Waals surface area contributed by atoms with Gasteiger partial charge in [-0.2, -0.15) is 4.98 Å². The van der Waals surface area contributed by atoms with Crippen LogP contribution in [0.15, 0.2) is 35.1 Å². The van der Waals surface area contributed by atoms with Crippen molar-refractivity contribution < 1.29 is 4.39 Å². The standard InChI is InChI=1S/C16H17ClFN3O/c1-16(10-11-3-5-12(18)6-4-11)7-2-8-21(16)14-9-13(17)19-15(22)20-14/h3-6,9H,2,7-8,10H2,1H3,(H,19,20,22). The van der Waals surface area contributed by atoms with Crippen LogP contribution in [0.4, 0.5) is 10.2 Å². The third-order valence-electron chi connectivity index (χ3n) is 4.22. The minimum Gasteiger partial charge on any atom is -0.351 e. The monoisotopic (exact) mass is 321 g/mol. The Labute approximate surface area is 133 Å². The zero-order valence-corrected chi connectivity index (χ0v) is 13.0. The maximum atomic E-state index is 13.1. The molecular formula is C16H17ClFN3O. The summed E-state index contributed by atoms with van der Waals surface area (Å²) in [6.07, 6.45) is 2.76. The highest BCUT2D eigenvalue weighted by atomic mass is 35.5. The van der Waals surface area contributed by atoms with Crippen LogP contribution in [-0.4, -0.2) is 22.1 Å². The van der Waals surface area contributed by atoms with Crippen molar-refractivity contribution in [2.75, 3.05) is 11.4 Å². The third-order valence-corrected chi connectivity index (χ3v) is 4.43. The van der Waals surface area contributed by atoms with Gasteiger partial charge in [-0.1, -0.05) is 23.7 Å². The molecule has 0 saturated carbocycles. The molecule has 0 aliphatic carbocycles. The maximum Gasteiger partial charge on any atom is 0.348 e. The summed E-state index contributed by atoms with van der Waals surface area (Å²) in [4.78, 5) is 20.2. The van der Waals surface area contributed by atoms with Gasteiger partial charge in [-0.3, -0.25) is 4.98 Å². The first-order valence-corrected chi connectivity index (χ1v) is 7.63. The summed E-state index contributed by atoms with van der Waals surface area (Å²) in [6.45, 7) is 2.96. The number of hydrogen-bond acceptors (Lipinski definition) is 3. The first-order valence-electron chi connectivity index (χ1n) is 7.25. The van der Waals surface area contributed by atoms with Gasteiger partial charge < -0.3 is 4.90 Å². The number of aromatic amines is 1. The molecular weight excluding hydrogens is 305 g/mol. The summed E-state index contributed by atoms with van der Waals surface area (Å²) in [5.41, 5.74) is 0.451. The van der Waals surface area contributed by atoms with Crippen LogP contribution in [0.25, 0.3) is 0 Å². The van der Waals surface area contributed by atoms with Crippen LogP contribution >= 0.6 is 11.6 Å². The predicted octanol–water partition coefficient (Wildman–Crippen LogP) is 3.16. The first-order chi connectivity index (χ1) is 10.5. The molecule has 1 atom stereocenters. The van der Waals surface area contributed by atoms with Gasteiger partial charge in [0.1, 0.15) is 16.8 Å². The van der Waals surface area contributed by atoms with Crippen LogP contribution in [0.3, 0.4) is 0 Å². The van der Waals surface area contributed by atoms with Crippen molar-refractivity contribution in [1.82, 2.24) is 9.97 Å². The van der Waals surface area contributed by atoms with E-state index in [4.69, 9.17) is 11.6 Å². The van der Waals surface area contributed by atoms with E-state index < -0.39 is 5.69 Å². The van der Waals surface area contributed by atoms with E-state index in [9.17, 15) is 9.18 Å². The second kappa shape index (κ2) is 5.72. The largest absolute Gasteiger partial charge is 0.351 e. The zero-order valence-electron chi connectivity index (χ0n) is 12.3. The fourth-order valence-electron chi connectivity index (χ4n) is 3.19. The van der Waals surface area contributed by atoms with E-state index in [1.54, 1.807) is 18.2 Å². The summed E-state index contributed by atoms with van der Waals surface area (Å²) in [6, 6.07) is 8.22. The van der Waals surface area contributed by atoms with Gasteiger partial charge in [-0.25, -0.2) is 9.18 Å². The lowest BCUT2D eigenvalue weighted by atomic mass is 9.90. The molecule has 2 heterocycles. The zero-order chi connectivity index (χ0) is 15.7. The van der Waals surface area contributed by atoms with E-state index in [-0.39, 0.29) is 16.5 Å². The van der Waals surface area contributed by atoms with Gasteiger partial charge in [0, 0.05) is 18.2 Å². The molecule has 116 valence electrons. The van der Waals surface area contributed by atoms with Crippen LogP contribution in [0, 0.1) is 5.82 Å². The van der Waals surface area contributed by atoms with E-state index in [1.807, 2.05) is 0 Å². The minimum absolute atomic E-state index is 0.165. The second-order valence-electron chi connectivity index (χ2n) is 5.95. The SMILES string of the molecule is CC1(Cc2ccc(F)cc2)CCCN1c1cc(Cl)[nH]c(=O)n1. The van der Waals surface area contributed by atoms with Gasteiger partial charge >= 0.3 is 5.69 Å². The molecule has 1 N–H and O–H groups in total. The highest BCUT2D eigenvalue weighted by Crippen LogP contribution is 2.35. The van der Waals surface area contributed by atoms with Gasteiger partial charge in [0.15, 0.2) is 0 Å². The minimum atomic E-state index is -0.446. The number of nitrogens with one attached hydrogen (secondary N) is 1. The van der Waals surface area contributed by atoms with E-state index in [1.165, 1.54) is 12.1 Å². The van der Waals surface area contributed by atoms with Gasteiger partial charge in [0.05, 0.1) is 0 Å². The molecule has 0 radical (unpaired) electrons. The quantitative estimate of drug-likeness (QED) is 0.883. The Morgan fingerprint density at radius 2 is 2.14 bits per heavy atom. The van der Waals surface area contributed by atoms with E-state index >= 15 is 0 Å². The number of benzene rings is 1. The van der Waals surface area contributed by atoms with Crippen LogP contribution < -0.4 is 10.6 Å². The van der Waals surface area contributed by atoms with Crippen molar-refractivity contribution in [2.45, 2.75) is 31.7 Å². The van der Waals surface area contributed by atoms with Crippen molar-refractivity contribution in [1.29, 1.82) is 0 Å². The lowest BCUT2D eigenvalue weighted by molar-refractivity contribution is 0.461. The Morgan fingerprint density at radius 1 is 1.41 bits per heavy atom. The molecule has 0 amide bonds. The molecule has 0 bridgehead atoms. The van der Waals surface area contributed by atoms with Crippen LogP contribution in [0.1, 0.15) is 25.3 Å². The van der Waals surface area contributed by atoms with Crippen molar-refractivity contribution in [3.05, 3.63) is 57.3 Å². The van der Waals surface area contributed by atoms with Gasteiger partial charge in [-0.15, -0.1) is 0 Å². The van der Waals surface area contributed by atoms with Crippen LogP contribution in [-0.2, 0) is 6.42 Å². The fraction of sp³-hybridized carbons (Fsp3) is 0.375. The fourth-order valence-corrected chi connectivity index (χ4v) is 3.37. The van der Waals surface area contributed by atoms with Crippen molar-refractivity contribution in [3.8, 4) is 0 Å². The van der Waals surface area contributed by atoms with E-state index in [2.05, 4.69) is 21.8 Å². The maximum absolute atomic E-state index is 13.1. The molecule has 1 aromatic heterocycles. The molecule has 22 heavy (non-hydrogen) atoms. The highest BCUT2D eigenvalue weighted by Gasteiger charge is 2.37. The molecule has 1 aliphatic rings. The lowest BCUT2D eigenvalue weighted by Gasteiger charge is -2.36. The summed E-state index contributed by atoms with van der Waals surface area (Å²) in [5, 5.41) is 0.283. The summed E-state index contributed by atoms with van der Waals surface area (Å²) >= 11 is 5.94. The number of hydrogen-bond donors (Lipinski definition) is 1. The van der Waals surface area contributed by atoms with Crippen LogP contribution in [0.5, 0.6) is 0 Å². The highest BCUT2D eigenvalue weighted by molar-refractivity contribution is 6.29. The molecule has 1 aromatic carbocycles. The smallest absolute Gasteiger partial charge is 0.348 e. The molecule has 0 spiro atoms. The van der Waals surface area contributed by atoms with Crippen LogP contribution in [0.2, 0.25) is 5.15 Å². The van der Waals surface area contributed by atoms with Gasteiger partial charge in [0.2, 0.25) is 0 Å². The molecule has 3 rings (SSSR count). The Hall–Kier alpha value is -1.88. The molecule has 1 unspecified atom stereocenters. The first kappa shape index (κ1) is 15.0. The summed E-state index contributed by atoms with van der Waals surface area (Å²) in [5.74, 6) is 0.357. The number of anilines is 1. The summed E-state index contributed by atoms with van der Waals surface area (Å²) in [7, 11) is 0. The number of halogens is 2. The Kier molecular flexibility index (Phi) is 3.91. The van der Waals surface area contributed by atoms with Crippen molar-refractivity contribution in [3.63, 3.8) is 0 Å². The Morgan fingerprint density at radius 3 is 2.82 bits per heavy atom. The summed E-state index contributed by atoms with van der Waals surface area (Å²) < 4.78 is 13.1. The molecule has 1 aliphatic heterocycles. The van der Waals surface area contributed by atoms with Crippen molar-refractivity contribution in [2.24, 2.45) is 0 Å². The Bertz CT molecular complexity index is 731. The predicted molar refractivity (Wildman–Crippen MR) is 85.0 cm³/mol. The van der Waals surface area contributed by atoms with Gasteiger partial charge in [-0.05, 0) is 43.9 Å². The molecule has 2 aromatic rings. The number of H-pyrrole nitrogens is 1. The average molecular weight is 322 g/mol. The number of rotatable bonds is 3. The van der Waals surface area contributed by atoms with E-state index in [0.717, 1.165) is 31.4 Å². The number of aromatic nitrogens is 2. The molecule has 1 saturated heterocycles. The normalized spacial score (nSPS) is 21.3. The topological polar surface area (TPSA) is 49.0 Å². The lowest BCUT2D eigenvalue weighted by Crippen LogP contribution is -2.44. The molecule has 4 nitrogen and oxygen atoms in total. The average Bonchev–Trinajstić information content (AvgIpc) is 2.82. The Balaban J connectivity index is 1.90. The third kappa shape index (κ3) is 2.99. The van der Waals surface area contributed by atoms with Gasteiger partial charge in [0.25, 0.3) is 0 Å². The molecule has 1 fully saturated rings. The van der Waals surface area contributed by atoms with E-state index in [0.29, 0.717) is 5.82 Å². The van der Waals surface area contributed by atoms with Crippen molar-refractivity contribution >= 4 is 17.4 Å². The number of nitrogens with zero attached hydrogens (tertiary/aromatic N) is 2. The second-order valence-corrected chi connectivity index (χ2v) is 6.36.